The van der Waals surface area contributed by atoms with Gasteiger partial charge in [0.25, 0.3) is 0 Å². The molecule has 84 valence electrons. The summed E-state index contributed by atoms with van der Waals surface area (Å²) >= 11 is 0. The van der Waals surface area contributed by atoms with Crippen molar-refractivity contribution in [2.24, 2.45) is 5.73 Å². The highest BCUT2D eigenvalue weighted by Crippen LogP contribution is 2.20. The fraction of sp³-hybridized carbons (Fsp3) is 0.700. The molecule has 1 unspecified atom stereocenters. The van der Waals surface area contributed by atoms with Crippen LogP contribution >= 0.6 is 0 Å². The van der Waals surface area contributed by atoms with Crippen molar-refractivity contribution in [1.82, 2.24) is 15.1 Å². The zero-order valence-electron chi connectivity index (χ0n) is 9.19. The van der Waals surface area contributed by atoms with Gasteiger partial charge in [-0.2, -0.15) is 5.10 Å². The Morgan fingerprint density at radius 2 is 2.60 bits per heavy atom. The molecule has 2 heterocycles. The molecule has 1 aromatic rings. The molecule has 1 aliphatic rings. The van der Waals surface area contributed by atoms with Crippen molar-refractivity contribution in [2.75, 3.05) is 38.1 Å². The number of rotatable bonds is 4. The Morgan fingerprint density at radius 1 is 1.73 bits per heavy atom. The zero-order chi connectivity index (χ0) is 10.7. The Balaban J connectivity index is 2.06. The molecule has 1 fully saturated rings. The van der Waals surface area contributed by atoms with Gasteiger partial charge in [0.15, 0.2) is 0 Å². The van der Waals surface area contributed by atoms with Crippen molar-refractivity contribution < 1.29 is 0 Å². The molecule has 5 nitrogen and oxygen atoms in total. The Morgan fingerprint density at radius 3 is 3.13 bits per heavy atom. The smallest absolute Gasteiger partial charge is 0.0753 e. The number of nitrogens with two attached hydrogens (primary N) is 1. The summed E-state index contributed by atoms with van der Waals surface area (Å²) in [5, 5.41) is 6.85. The van der Waals surface area contributed by atoms with Crippen LogP contribution in [0.25, 0.3) is 0 Å². The molecule has 5 heteroatoms. The van der Waals surface area contributed by atoms with Gasteiger partial charge in [-0.1, -0.05) is 0 Å². The van der Waals surface area contributed by atoms with Crippen molar-refractivity contribution in [3.63, 3.8) is 0 Å². The van der Waals surface area contributed by atoms with E-state index < -0.39 is 0 Å². The maximum Gasteiger partial charge on any atom is 0.0753 e. The number of anilines is 1. The first kappa shape index (κ1) is 10.4. The first-order chi connectivity index (χ1) is 7.31. The van der Waals surface area contributed by atoms with Gasteiger partial charge < -0.3 is 15.5 Å². The van der Waals surface area contributed by atoms with E-state index >= 15 is 0 Å². The molecule has 1 saturated heterocycles. The molecule has 0 amide bonds. The lowest BCUT2D eigenvalue weighted by Gasteiger charge is -2.29. The lowest BCUT2D eigenvalue weighted by atomic mass is 10.2. The van der Waals surface area contributed by atoms with E-state index in [2.05, 4.69) is 27.0 Å². The second kappa shape index (κ2) is 4.63. The first-order valence-corrected chi connectivity index (χ1v) is 5.45. The van der Waals surface area contributed by atoms with Crippen molar-refractivity contribution in [2.45, 2.75) is 12.5 Å². The topological polar surface area (TPSA) is 61.2 Å². The maximum absolute atomic E-state index is 5.65. The summed E-state index contributed by atoms with van der Waals surface area (Å²) in [6.45, 7) is 3.87. The lowest BCUT2D eigenvalue weighted by Crippen LogP contribution is -2.40. The normalized spacial score (nSPS) is 22.1. The number of hydrogen-bond donors (Lipinski definition) is 2. The fourth-order valence-corrected chi connectivity index (χ4v) is 2.23. The molecule has 0 radical (unpaired) electrons. The molecule has 2 rings (SSSR count). The fourth-order valence-electron chi connectivity index (χ4n) is 2.23. The van der Waals surface area contributed by atoms with E-state index in [0.29, 0.717) is 12.6 Å². The van der Waals surface area contributed by atoms with Crippen LogP contribution in [0.2, 0.25) is 0 Å². The van der Waals surface area contributed by atoms with Crippen molar-refractivity contribution in [3.05, 3.63) is 12.4 Å². The minimum absolute atomic E-state index is 0.580. The molecule has 0 aliphatic carbocycles. The number of likely N-dealkylation sites (N-methyl/N-ethyl adjacent to an activating group) is 1. The average Bonchev–Trinajstić information content (AvgIpc) is 2.85. The number of hydrogen-bond acceptors (Lipinski definition) is 4. The molecule has 0 aromatic carbocycles. The van der Waals surface area contributed by atoms with Gasteiger partial charge in [0, 0.05) is 31.9 Å². The van der Waals surface area contributed by atoms with Crippen molar-refractivity contribution in [3.8, 4) is 0 Å². The molecule has 3 N–H and O–H groups in total. The number of likely N-dealkylation sites (tertiary alicyclic amines) is 1. The Kier molecular flexibility index (Phi) is 3.23. The molecule has 1 atom stereocenters. The van der Waals surface area contributed by atoms with Crippen molar-refractivity contribution >= 4 is 5.69 Å². The quantitative estimate of drug-likeness (QED) is 0.725. The molecule has 0 bridgehead atoms. The number of H-pyrrole nitrogens is 1. The summed E-state index contributed by atoms with van der Waals surface area (Å²) in [5.41, 5.74) is 6.81. The van der Waals surface area contributed by atoms with Gasteiger partial charge in [0.05, 0.1) is 11.9 Å². The molecule has 0 spiro atoms. The second-order valence-electron chi connectivity index (χ2n) is 4.14. The predicted octanol–water partition coefficient (Wildman–Crippen LogP) is -0.121. The molecule has 0 saturated carbocycles. The van der Waals surface area contributed by atoms with Gasteiger partial charge >= 0.3 is 0 Å². The third-order valence-electron chi connectivity index (χ3n) is 2.99. The highest BCUT2D eigenvalue weighted by atomic mass is 15.3. The molecule has 15 heavy (non-hydrogen) atoms. The van der Waals surface area contributed by atoms with E-state index in [-0.39, 0.29) is 0 Å². The highest BCUT2D eigenvalue weighted by molar-refractivity contribution is 5.43. The molecular weight excluding hydrogens is 190 g/mol. The number of nitrogens with zero attached hydrogens (tertiary/aromatic N) is 3. The van der Waals surface area contributed by atoms with E-state index in [1.165, 1.54) is 13.0 Å². The SMILES string of the molecule is CN1CCC(N(CCN)c2cn[nH]c2)C1. The number of aromatic nitrogens is 2. The highest BCUT2D eigenvalue weighted by Gasteiger charge is 2.25. The van der Waals surface area contributed by atoms with Gasteiger partial charge in [-0.3, -0.25) is 5.10 Å². The molecular formula is C10H19N5. The minimum Gasteiger partial charge on any atom is -0.363 e. The summed E-state index contributed by atoms with van der Waals surface area (Å²) < 4.78 is 0. The van der Waals surface area contributed by atoms with Gasteiger partial charge in [-0.15, -0.1) is 0 Å². The summed E-state index contributed by atoms with van der Waals surface area (Å²) in [4.78, 5) is 4.71. The third kappa shape index (κ3) is 2.30. The van der Waals surface area contributed by atoms with Crippen LogP contribution in [0.3, 0.4) is 0 Å². The summed E-state index contributed by atoms with van der Waals surface area (Å²) in [5.74, 6) is 0. The summed E-state index contributed by atoms with van der Waals surface area (Å²) in [6.07, 6.45) is 5.02. The minimum atomic E-state index is 0.580. The Bertz CT molecular complexity index is 284. The van der Waals surface area contributed by atoms with Crippen LogP contribution in [0.1, 0.15) is 6.42 Å². The van der Waals surface area contributed by atoms with E-state index in [0.717, 1.165) is 18.8 Å². The monoisotopic (exact) mass is 209 g/mol. The van der Waals surface area contributed by atoms with E-state index in [1.807, 2.05) is 12.4 Å². The number of aromatic amines is 1. The second-order valence-corrected chi connectivity index (χ2v) is 4.14. The maximum atomic E-state index is 5.65. The largest absolute Gasteiger partial charge is 0.363 e. The van der Waals surface area contributed by atoms with Gasteiger partial charge in [-0.05, 0) is 20.0 Å². The van der Waals surface area contributed by atoms with E-state index in [1.54, 1.807) is 0 Å². The number of nitrogens with one attached hydrogen (secondary N) is 1. The van der Waals surface area contributed by atoms with Crippen LogP contribution in [0.4, 0.5) is 5.69 Å². The third-order valence-corrected chi connectivity index (χ3v) is 2.99. The molecule has 1 aromatic heterocycles. The van der Waals surface area contributed by atoms with Crippen LogP contribution in [0.5, 0.6) is 0 Å². The summed E-state index contributed by atoms with van der Waals surface area (Å²) in [6, 6.07) is 0.580. The van der Waals surface area contributed by atoms with Gasteiger partial charge in [0.1, 0.15) is 0 Å². The standard InChI is InChI=1S/C10H19N5/c1-14-4-2-9(8-14)15(5-3-11)10-6-12-13-7-10/h6-7,9H,2-5,8,11H2,1H3,(H,12,13). The zero-order valence-corrected chi connectivity index (χ0v) is 9.19. The van der Waals surface area contributed by atoms with E-state index in [4.69, 9.17) is 5.73 Å². The Labute approximate surface area is 90.2 Å². The van der Waals surface area contributed by atoms with Gasteiger partial charge in [-0.25, -0.2) is 0 Å². The van der Waals surface area contributed by atoms with Crippen LogP contribution in [0.15, 0.2) is 12.4 Å². The van der Waals surface area contributed by atoms with Crippen molar-refractivity contribution in [1.29, 1.82) is 0 Å². The van der Waals surface area contributed by atoms with Crippen LogP contribution in [-0.2, 0) is 0 Å². The average molecular weight is 209 g/mol. The van der Waals surface area contributed by atoms with Crippen LogP contribution in [0, 0.1) is 0 Å². The van der Waals surface area contributed by atoms with Crippen LogP contribution in [-0.4, -0.2) is 54.4 Å². The van der Waals surface area contributed by atoms with E-state index in [9.17, 15) is 0 Å². The first-order valence-electron chi connectivity index (χ1n) is 5.45. The summed E-state index contributed by atoms with van der Waals surface area (Å²) in [7, 11) is 2.16. The molecule has 1 aliphatic heterocycles. The Hall–Kier alpha value is -1.07. The van der Waals surface area contributed by atoms with Gasteiger partial charge in [0.2, 0.25) is 0 Å². The predicted molar refractivity (Wildman–Crippen MR) is 60.9 cm³/mol. The van der Waals surface area contributed by atoms with Crippen LogP contribution < -0.4 is 10.6 Å². The lowest BCUT2D eigenvalue weighted by molar-refractivity contribution is 0.407.